The fourth-order valence-electron chi connectivity index (χ4n) is 1.00. The largest absolute Gasteiger partial charge is 0.394 e. The maximum Gasteiger partial charge on any atom is 0.104 e. The van der Waals surface area contributed by atoms with Crippen LogP contribution in [-0.4, -0.2) is 76.3 Å². The van der Waals surface area contributed by atoms with Crippen molar-refractivity contribution in [2.75, 3.05) is 60.0 Å². The topological polar surface area (TPSA) is 77.4 Å². The average molecular weight is 270 g/mol. The third kappa shape index (κ3) is 15.8. The van der Waals surface area contributed by atoms with Gasteiger partial charge in [0, 0.05) is 7.11 Å². The molecule has 0 heterocycles. The molecular weight excluding hydrogens is 240 g/mol. The van der Waals surface area contributed by atoms with Crippen LogP contribution in [0.4, 0.5) is 0 Å². The zero-order valence-corrected chi connectivity index (χ0v) is 9.76. The van der Waals surface area contributed by atoms with Crippen molar-refractivity contribution in [2.24, 2.45) is 0 Å². The van der Waals surface area contributed by atoms with E-state index in [1.807, 2.05) is 0 Å². The normalized spacial score (nSPS) is 11.5. The molecule has 6 nitrogen and oxygen atoms in total. The smallest absolute Gasteiger partial charge is 0.104 e. The summed E-state index contributed by atoms with van der Waals surface area (Å²) in [5, 5.41) is 17.2. The van der Waals surface area contributed by atoms with Crippen molar-refractivity contribution in [3.05, 3.63) is 0 Å². The summed E-state index contributed by atoms with van der Waals surface area (Å²) in [5.41, 5.74) is 0. The summed E-state index contributed by atoms with van der Waals surface area (Å²) in [6.45, 7) is 2.23. The Morgan fingerprint density at radius 1 is 0.833 bits per heavy atom. The maximum atomic E-state index is 8.63. The highest BCUT2D eigenvalue weighted by Gasteiger charge is 2.09. The number of methoxy groups -OCH3 is 1. The molecular formula is C12H30O6. The second-order valence-electron chi connectivity index (χ2n) is 3.08. The van der Waals surface area contributed by atoms with Crippen LogP contribution < -0.4 is 0 Å². The standard InChI is InChI=1S/C10H22O6.2CH4/c1-13-6-7-15-9-10(16-5-3-12)8-14-4-2-11;;/h10-12H,2-9H2,1H3;2*1H4. The maximum absolute atomic E-state index is 8.63. The SMILES string of the molecule is C.C.COCCOCC(COCCO)OCCO. The molecule has 0 saturated heterocycles. The predicted molar refractivity (Wildman–Crippen MR) is 70.9 cm³/mol. The third-order valence-corrected chi connectivity index (χ3v) is 1.72. The number of aliphatic hydroxyl groups is 2. The van der Waals surface area contributed by atoms with E-state index in [4.69, 9.17) is 29.2 Å². The summed E-state index contributed by atoms with van der Waals surface area (Å²) in [6.07, 6.45) is -0.226. The first-order chi connectivity index (χ1) is 7.85. The highest BCUT2D eigenvalue weighted by Crippen LogP contribution is 1.95. The van der Waals surface area contributed by atoms with Crippen LogP contribution in [0, 0.1) is 0 Å². The van der Waals surface area contributed by atoms with Gasteiger partial charge in [-0.05, 0) is 0 Å². The van der Waals surface area contributed by atoms with Crippen molar-refractivity contribution in [2.45, 2.75) is 21.0 Å². The lowest BCUT2D eigenvalue weighted by atomic mass is 10.4. The number of hydrogen-bond acceptors (Lipinski definition) is 6. The fraction of sp³-hybridized carbons (Fsp3) is 1.00. The Hall–Kier alpha value is -0.240. The van der Waals surface area contributed by atoms with Gasteiger partial charge >= 0.3 is 0 Å². The van der Waals surface area contributed by atoms with Gasteiger partial charge in [-0.3, -0.25) is 0 Å². The molecule has 18 heavy (non-hydrogen) atoms. The number of aliphatic hydroxyl groups excluding tert-OH is 2. The Morgan fingerprint density at radius 3 is 1.89 bits per heavy atom. The van der Waals surface area contributed by atoms with E-state index in [0.717, 1.165) is 0 Å². The first-order valence-corrected chi connectivity index (χ1v) is 5.32. The van der Waals surface area contributed by atoms with Gasteiger partial charge in [0.2, 0.25) is 0 Å². The van der Waals surface area contributed by atoms with Crippen LogP contribution in [0.2, 0.25) is 0 Å². The summed E-state index contributed by atoms with van der Waals surface area (Å²) in [7, 11) is 1.60. The molecule has 0 aliphatic heterocycles. The van der Waals surface area contributed by atoms with Gasteiger partial charge < -0.3 is 29.2 Å². The summed E-state index contributed by atoms with van der Waals surface area (Å²) in [6, 6.07) is 0. The highest BCUT2D eigenvalue weighted by atomic mass is 16.6. The zero-order valence-electron chi connectivity index (χ0n) is 9.76. The molecule has 0 aromatic heterocycles. The molecule has 0 saturated carbocycles. The van der Waals surface area contributed by atoms with E-state index in [-0.39, 0.29) is 47.4 Å². The lowest BCUT2D eigenvalue weighted by molar-refractivity contribution is -0.0745. The number of hydrogen-bond donors (Lipinski definition) is 2. The molecule has 0 rings (SSSR count). The van der Waals surface area contributed by atoms with Crippen molar-refractivity contribution in [3.63, 3.8) is 0 Å². The van der Waals surface area contributed by atoms with E-state index in [1.54, 1.807) is 7.11 Å². The van der Waals surface area contributed by atoms with E-state index in [2.05, 4.69) is 0 Å². The van der Waals surface area contributed by atoms with Gasteiger partial charge in [-0.25, -0.2) is 0 Å². The number of ether oxygens (including phenoxy) is 4. The van der Waals surface area contributed by atoms with Gasteiger partial charge in [-0.15, -0.1) is 0 Å². The average Bonchev–Trinajstić information content (AvgIpc) is 2.31. The summed E-state index contributed by atoms with van der Waals surface area (Å²) in [5.74, 6) is 0. The summed E-state index contributed by atoms with van der Waals surface area (Å²) in [4.78, 5) is 0. The quantitative estimate of drug-likeness (QED) is 0.497. The molecule has 0 amide bonds. The molecule has 0 fully saturated rings. The fourth-order valence-corrected chi connectivity index (χ4v) is 1.00. The van der Waals surface area contributed by atoms with Crippen molar-refractivity contribution in [1.29, 1.82) is 0 Å². The molecule has 1 atom stereocenters. The zero-order chi connectivity index (χ0) is 12.1. The van der Waals surface area contributed by atoms with E-state index in [0.29, 0.717) is 26.4 Å². The lowest BCUT2D eigenvalue weighted by Gasteiger charge is -2.17. The van der Waals surface area contributed by atoms with Crippen LogP contribution in [0.1, 0.15) is 14.9 Å². The van der Waals surface area contributed by atoms with Gasteiger partial charge in [-0.1, -0.05) is 14.9 Å². The highest BCUT2D eigenvalue weighted by molar-refractivity contribution is 4.55. The Balaban J connectivity index is -0.00000112. The molecule has 0 aromatic carbocycles. The number of rotatable bonds is 12. The first-order valence-electron chi connectivity index (χ1n) is 5.32. The first kappa shape index (κ1) is 22.9. The summed E-state index contributed by atoms with van der Waals surface area (Å²) >= 11 is 0. The molecule has 1 unspecified atom stereocenters. The minimum absolute atomic E-state index is 0. The van der Waals surface area contributed by atoms with Crippen LogP contribution in [0.3, 0.4) is 0 Å². The summed E-state index contributed by atoms with van der Waals surface area (Å²) < 4.78 is 20.5. The van der Waals surface area contributed by atoms with Gasteiger partial charge in [0.25, 0.3) is 0 Å². The van der Waals surface area contributed by atoms with Crippen LogP contribution in [0.5, 0.6) is 0 Å². The van der Waals surface area contributed by atoms with Gasteiger partial charge in [0.1, 0.15) is 6.10 Å². The van der Waals surface area contributed by atoms with E-state index >= 15 is 0 Å². The molecule has 2 N–H and O–H groups in total. The van der Waals surface area contributed by atoms with Gasteiger partial charge in [-0.2, -0.15) is 0 Å². The van der Waals surface area contributed by atoms with Gasteiger partial charge in [0.05, 0.1) is 52.9 Å². The minimum Gasteiger partial charge on any atom is -0.394 e. The predicted octanol–water partition coefficient (Wildman–Crippen LogP) is 0.308. The van der Waals surface area contributed by atoms with Crippen molar-refractivity contribution < 1.29 is 29.2 Å². The molecule has 6 heteroatoms. The second-order valence-corrected chi connectivity index (χ2v) is 3.08. The third-order valence-electron chi connectivity index (χ3n) is 1.72. The van der Waals surface area contributed by atoms with E-state index < -0.39 is 0 Å². The molecule has 0 aromatic rings. The molecule has 114 valence electrons. The van der Waals surface area contributed by atoms with Crippen molar-refractivity contribution in [3.8, 4) is 0 Å². The minimum atomic E-state index is -0.226. The van der Waals surface area contributed by atoms with Crippen LogP contribution >= 0.6 is 0 Å². The molecule has 0 radical (unpaired) electrons. The Bertz CT molecular complexity index is 134. The monoisotopic (exact) mass is 270 g/mol. The van der Waals surface area contributed by atoms with Gasteiger partial charge in [0.15, 0.2) is 0 Å². The Kier molecular flexibility index (Phi) is 24.3. The van der Waals surface area contributed by atoms with Crippen LogP contribution in [0.25, 0.3) is 0 Å². The molecule has 0 aliphatic rings. The second kappa shape index (κ2) is 19.1. The van der Waals surface area contributed by atoms with E-state index in [1.165, 1.54) is 0 Å². The molecule has 0 bridgehead atoms. The Labute approximate surface area is 111 Å². The molecule has 0 aliphatic carbocycles. The van der Waals surface area contributed by atoms with Crippen LogP contribution in [-0.2, 0) is 18.9 Å². The molecule has 0 spiro atoms. The Morgan fingerprint density at radius 2 is 1.39 bits per heavy atom. The van der Waals surface area contributed by atoms with Crippen molar-refractivity contribution in [1.82, 2.24) is 0 Å². The van der Waals surface area contributed by atoms with Crippen LogP contribution in [0.15, 0.2) is 0 Å². The lowest BCUT2D eigenvalue weighted by Crippen LogP contribution is -2.28. The van der Waals surface area contributed by atoms with Crippen molar-refractivity contribution >= 4 is 0 Å². The van der Waals surface area contributed by atoms with E-state index in [9.17, 15) is 0 Å².